The van der Waals surface area contributed by atoms with Gasteiger partial charge in [0.2, 0.25) is 0 Å². The van der Waals surface area contributed by atoms with Crippen molar-refractivity contribution in [3.63, 3.8) is 0 Å². The molecule has 110 valence electrons. The predicted octanol–water partition coefficient (Wildman–Crippen LogP) is 1.09. The van der Waals surface area contributed by atoms with Gasteiger partial charge in [0.05, 0.1) is 19.8 Å². The molecule has 0 spiro atoms. The molecule has 2 aliphatic rings. The lowest BCUT2D eigenvalue weighted by Crippen LogP contribution is -2.40. The van der Waals surface area contributed by atoms with E-state index in [0.717, 1.165) is 23.5 Å². The molecule has 0 radical (unpaired) electrons. The number of ether oxygens (including phenoxy) is 3. The summed E-state index contributed by atoms with van der Waals surface area (Å²) in [6, 6.07) is 5.93. The molecular formula is C15H21NO4. The molecule has 1 fully saturated rings. The summed E-state index contributed by atoms with van der Waals surface area (Å²) >= 11 is 0. The molecule has 0 amide bonds. The molecule has 2 aliphatic heterocycles. The molecule has 0 saturated carbocycles. The molecule has 5 heteroatoms. The molecule has 0 aromatic heterocycles. The standard InChI is InChI=1S/C15H21NO4/c17-15(5-8-18-11-15)10-16-9-12-3-1-4-13-14(12)20-7-2-6-19-13/h1,3-4,16-17H,2,5-11H2. The van der Waals surface area contributed by atoms with Crippen molar-refractivity contribution in [1.29, 1.82) is 0 Å². The first-order chi connectivity index (χ1) is 9.77. The number of fused-ring (bicyclic) bond motifs is 1. The highest BCUT2D eigenvalue weighted by Gasteiger charge is 2.31. The van der Waals surface area contributed by atoms with Gasteiger partial charge in [-0.1, -0.05) is 12.1 Å². The van der Waals surface area contributed by atoms with Crippen LogP contribution in [0, 0.1) is 0 Å². The molecule has 0 aliphatic carbocycles. The van der Waals surface area contributed by atoms with Crippen LogP contribution in [0.5, 0.6) is 11.5 Å². The summed E-state index contributed by atoms with van der Waals surface area (Å²) in [4.78, 5) is 0. The van der Waals surface area contributed by atoms with E-state index in [9.17, 15) is 5.11 Å². The van der Waals surface area contributed by atoms with Crippen molar-refractivity contribution in [3.8, 4) is 11.5 Å². The average molecular weight is 279 g/mol. The van der Waals surface area contributed by atoms with Crippen molar-refractivity contribution in [2.45, 2.75) is 25.0 Å². The van der Waals surface area contributed by atoms with E-state index >= 15 is 0 Å². The van der Waals surface area contributed by atoms with Crippen LogP contribution in [-0.4, -0.2) is 43.7 Å². The van der Waals surface area contributed by atoms with Crippen LogP contribution < -0.4 is 14.8 Å². The maximum Gasteiger partial charge on any atom is 0.165 e. The third kappa shape index (κ3) is 3.06. The highest BCUT2D eigenvalue weighted by Crippen LogP contribution is 2.33. The lowest BCUT2D eigenvalue weighted by Gasteiger charge is -2.21. The maximum atomic E-state index is 10.2. The Morgan fingerprint density at radius 1 is 1.20 bits per heavy atom. The Balaban J connectivity index is 1.62. The van der Waals surface area contributed by atoms with E-state index in [2.05, 4.69) is 5.32 Å². The monoisotopic (exact) mass is 279 g/mol. The smallest absolute Gasteiger partial charge is 0.165 e. The zero-order valence-corrected chi connectivity index (χ0v) is 11.6. The molecular weight excluding hydrogens is 258 g/mol. The van der Waals surface area contributed by atoms with Gasteiger partial charge >= 0.3 is 0 Å². The quantitative estimate of drug-likeness (QED) is 0.864. The summed E-state index contributed by atoms with van der Waals surface area (Å²) < 4.78 is 16.7. The average Bonchev–Trinajstić information content (AvgIpc) is 2.74. The van der Waals surface area contributed by atoms with Crippen molar-refractivity contribution in [3.05, 3.63) is 23.8 Å². The molecule has 0 bridgehead atoms. The number of hydrogen-bond donors (Lipinski definition) is 2. The molecule has 1 aromatic rings. The third-order valence-electron chi connectivity index (χ3n) is 3.71. The first kappa shape index (κ1) is 13.7. The summed E-state index contributed by atoms with van der Waals surface area (Å²) in [5.74, 6) is 1.64. The van der Waals surface area contributed by atoms with E-state index in [4.69, 9.17) is 14.2 Å². The Morgan fingerprint density at radius 2 is 2.10 bits per heavy atom. The summed E-state index contributed by atoms with van der Waals surface area (Å²) in [5.41, 5.74) is 0.329. The number of para-hydroxylation sites is 1. The molecule has 2 heterocycles. The summed E-state index contributed by atoms with van der Waals surface area (Å²) in [5, 5.41) is 13.5. The van der Waals surface area contributed by atoms with Crippen LogP contribution >= 0.6 is 0 Å². The van der Waals surface area contributed by atoms with Crippen molar-refractivity contribution in [2.75, 3.05) is 33.0 Å². The second kappa shape index (κ2) is 5.99. The summed E-state index contributed by atoms with van der Waals surface area (Å²) in [6.07, 6.45) is 1.59. The largest absolute Gasteiger partial charge is 0.490 e. The van der Waals surface area contributed by atoms with Gasteiger partial charge in [0.15, 0.2) is 11.5 Å². The number of rotatable bonds is 4. The Bertz CT molecular complexity index is 457. The number of hydrogen-bond acceptors (Lipinski definition) is 5. The molecule has 3 rings (SSSR count). The highest BCUT2D eigenvalue weighted by atomic mass is 16.5. The molecule has 2 N–H and O–H groups in total. The topological polar surface area (TPSA) is 60.0 Å². The van der Waals surface area contributed by atoms with Crippen LogP contribution in [0.15, 0.2) is 18.2 Å². The first-order valence-electron chi connectivity index (χ1n) is 7.15. The van der Waals surface area contributed by atoms with E-state index < -0.39 is 5.60 Å². The van der Waals surface area contributed by atoms with E-state index in [0.29, 0.717) is 45.9 Å². The highest BCUT2D eigenvalue weighted by molar-refractivity contribution is 5.47. The zero-order chi connectivity index (χ0) is 13.8. The van der Waals surface area contributed by atoms with E-state index in [1.165, 1.54) is 0 Å². The molecule has 1 atom stereocenters. The van der Waals surface area contributed by atoms with Gasteiger partial charge in [-0.3, -0.25) is 0 Å². The van der Waals surface area contributed by atoms with Crippen LogP contribution in [0.1, 0.15) is 18.4 Å². The molecule has 5 nitrogen and oxygen atoms in total. The van der Waals surface area contributed by atoms with Gasteiger partial charge in [-0.05, 0) is 6.07 Å². The molecule has 1 aromatic carbocycles. The Labute approximate surface area is 118 Å². The Morgan fingerprint density at radius 3 is 2.95 bits per heavy atom. The van der Waals surface area contributed by atoms with Gasteiger partial charge in [-0.15, -0.1) is 0 Å². The number of nitrogens with one attached hydrogen (secondary N) is 1. The van der Waals surface area contributed by atoms with E-state index in [1.54, 1.807) is 0 Å². The summed E-state index contributed by atoms with van der Waals surface area (Å²) in [6.45, 7) is 3.59. The lowest BCUT2D eigenvalue weighted by molar-refractivity contribution is 0.0268. The zero-order valence-electron chi connectivity index (χ0n) is 11.6. The fraction of sp³-hybridized carbons (Fsp3) is 0.600. The van der Waals surface area contributed by atoms with Gasteiger partial charge in [0.25, 0.3) is 0 Å². The Kier molecular flexibility index (Phi) is 4.10. The SMILES string of the molecule is OC1(CNCc2cccc3c2OCCCO3)CCOC1. The second-order valence-corrected chi connectivity index (χ2v) is 5.43. The van der Waals surface area contributed by atoms with Gasteiger partial charge in [-0.2, -0.15) is 0 Å². The van der Waals surface area contributed by atoms with Gasteiger partial charge in [-0.25, -0.2) is 0 Å². The minimum atomic E-state index is -0.733. The fourth-order valence-electron chi connectivity index (χ4n) is 2.56. The number of aliphatic hydroxyl groups is 1. The fourth-order valence-corrected chi connectivity index (χ4v) is 2.56. The maximum absolute atomic E-state index is 10.2. The van der Waals surface area contributed by atoms with Crippen LogP contribution in [0.2, 0.25) is 0 Å². The van der Waals surface area contributed by atoms with Gasteiger partial charge in [0.1, 0.15) is 5.60 Å². The van der Waals surface area contributed by atoms with E-state index in [-0.39, 0.29) is 0 Å². The predicted molar refractivity (Wildman–Crippen MR) is 74.1 cm³/mol. The normalized spacial score (nSPS) is 25.4. The van der Waals surface area contributed by atoms with Gasteiger partial charge < -0.3 is 24.6 Å². The van der Waals surface area contributed by atoms with Crippen molar-refractivity contribution < 1.29 is 19.3 Å². The van der Waals surface area contributed by atoms with Gasteiger partial charge in [0, 0.05) is 38.1 Å². The molecule has 1 saturated heterocycles. The van der Waals surface area contributed by atoms with Crippen LogP contribution in [0.3, 0.4) is 0 Å². The molecule has 1 unspecified atom stereocenters. The van der Waals surface area contributed by atoms with Crippen LogP contribution in [0.4, 0.5) is 0 Å². The van der Waals surface area contributed by atoms with Crippen LogP contribution in [0.25, 0.3) is 0 Å². The van der Waals surface area contributed by atoms with Crippen molar-refractivity contribution in [2.24, 2.45) is 0 Å². The molecule has 20 heavy (non-hydrogen) atoms. The lowest BCUT2D eigenvalue weighted by atomic mass is 10.0. The Hall–Kier alpha value is -1.30. The van der Waals surface area contributed by atoms with Crippen LogP contribution in [-0.2, 0) is 11.3 Å². The van der Waals surface area contributed by atoms with Crippen molar-refractivity contribution in [1.82, 2.24) is 5.32 Å². The third-order valence-corrected chi connectivity index (χ3v) is 3.71. The minimum absolute atomic E-state index is 0.409. The summed E-state index contributed by atoms with van der Waals surface area (Å²) in [7, 11) is 0. The number of benzene rings is 1. The first-order valence-corrected chi connectivity index (χ1v) is 7.15. The minimum Gasteiger partial charge on any atom is -0.490 e. The van der Waals surface area contributed by atoms with Crippen molar-refractivity contribution >= 4 is 0 Å². The van der Waals surface area contributed by atoms with E-state index in [1.807, 2.05) is 18.2 Å². The second-order valence-electron chi connectivity index (χ2n) is 5.43.